The zero-order valence-electron chi connectivity index (χ0n) is 20.2. The van der Waals surface area contributed by atoms with Crippen molar-refractivity contribution in [2.24, 2.45) is 7.05 Å². The molecule has 12 heteroatoms. The molecule has 0 amide bonds. The maximum Gasteiger partial charge on any atom is 0.0967 e. The van der Waals surface area contributed by atoms with E-state index in [0.717, 1.165) is 82.5 Å². The smallest absolute Gasteiger partial charge is 0.0967 e. The Morgan fingerprint density at radius 3 is 1.61 bits per heavy atom. The summed E-state index contributed by atoms with van der Waals surface area (Å²) in [7, 11) is 1.91. The maximum absolute atomic E-state index is 4.40. The average molecular weight is 457 g/mol. The first-order valence-electron chi connectivity index (χ1n) is 11.8. The van der Waals surface area contributed by atoms with Crippen molar-refractivity contribution in [3.63, 3.8) is 0 Å². The summed E-state index contributed by atoms with van der Waals surface area (Å²) in [5.41, 5.74) is 3.03. The van der Waals surface area contributed by atoms with Crippen LogP contribution in [-0.2, 0) is 33.2 Å². The lowest BCUT2D eigenvalue weighted by Crippen LogP contribution is -2.35. The third-order valence-corrected chi connectivity index (χ3v) is 6.00. The highest BCUT2D eigenvalue weighted by atomic mass is 15.4. The van der Waals surface area contributed by atoms with Crippen molar-refractivity contribution in [3.05, 3.63) is 35.7 Å². The second kappa shape index (κ2) is 10.9. The molecule has 0 aliphatic carbocycles. The molecule has 12 nitrogen and oxygen atoms in total. The summed E-state index contributed by atoms with van der Waals surface area (Å²) in [4.78, 5) is 7.40. The molecule has 0 radical (unpaired) electrons. The fraction of sp³-hybridized carbons (Fsp3) is 0.714. The van der Waals surface area contributed by atoms with Crippen LogP contribution in [0.4, 0.5) is 0 Å². The van der Waals surface area contributed by atoms with E-state index in [0.29, 0.717) is 6.04 Å². The van der Waals surface area contributed by atoms with Crippen LogP contribution in [-0.4, -0.2) is 98.9 Å². The molecule has 3 aromatic rings. The van der Waals surface area contributed by atoms with E-state index in [1.165, 1.54) is 0 Å². The highest BCUT2D eigenvalue weighted by molar-refractivity contribution is 4.96. The predicted octanol–water partition coefficient (Wildman–Crippen LogP) is 0.419. The number of hydrogen-bond donors (Lipinski definition) is 0. The van der Waals surface area contributed by atoms with Gasteiger partial charge in [0.1, 0.15) is 0 Å². The van der Waals surface area contributed by atoms with E-state index in [1.54, 1.807) is 4.68 Å². The van der Waals surface area contributed by atoms with Crippen molar-refractivity contribution in [3.8, 4) is 0 Å². The monoisotopic (exact) mass is 456 g/mol. The molecule has 4 heterocycles. The highest BCUT2D eigenvalue weighted by Gasteiger charge is 2.19. The summed E-state index contributed by atoms with van der Waals surface area (Å²) in [6.45, 7) is 15.4. The fourth-order valence-electron chi connectivity index (χ4n) is 4.02. The molecule has 180 valence electrons. The van der Waals surface area contributed by atoms with Crippen molar-refractivity contribution in [1.82, 2.24) is 59.7 Å². The molecule has 1 aliphatic rings. The van der Waals surface area contributed by atoms with Gasteiger partial charge in [0.25, 0.3) is 0 Å². The summed E-state index contributed by atoms with van der Waals surface area (Å²) < 4.78 is 5.57. The van der Waals surface area contributed by atoms with Gasteiger partial charge in [-0.1, -0.05) is 15.6 Å². The van der Waals surface area contributed by atoms with E-state index in [9.17, 15) is 0 Å². The van der Waals surface area contributed by atoms with Crippen molar-refractivity contribution >= 4 is 0 Å². The maximum atomic E-state index is 4.40. The largest absolute Gasteiger partial charge is 0.295 e. The van der Waals surface area contributed by atoms with Crippen LogP contribution >= 0.6 is 0 Å². The lowest BCUT2D eigenvalue weighted by atomic mass is 10.3. The normalized spacial score (nSPS) is 17.4. The van der Waals surface area contributed by atoms with Crippen molar-refractivity contribution in [1.29, 1.82) is 0 Å². The molecule has 1 aliphatic heterocycles. The van der Waals surface area contributed by atoms with Gasteiger partial charge < -0.3 is 0 Å². The minimum atomic E-state index is 0.316. The summed E-state index contributed by atoms with van der Waals surface area (Å²) in [5.74, 6) is 0. The number of aryl methyl sites for hydroxylation is 2. The van der Waals surface area contributed by atoms with Crippen LogP contribution in [0.1, 0.15) is 43.9 Å². The van der Waals surface area contributed by atoms with Gasteiger partial charge in [0.2, 0.25) is 0 Å². The molecule has 3 aromatic heterocycles. The Kier molecular flexibility index (Phi) is 7.78. The van der Waals surface area contributed by atoms with E-state index < -0.39 is 0 Å². The van der Waals surface area contributed by atoms with E-state index in [4.69, 9.17) is 0 Å². The summed E-state index contributed by atoms with van der Waals surface area (Å²) in [5, 5.41) is 25.6. The average Bonchev–Trinajstić information content (AvgIpc) is 3.54. The Morgan fingerprint density at radius 1 is 0.697 bits per heavy atom. The fourth-order valence-corrected chi connectivity index (χ4v) is 4.02. The van der Waals surface area contributed by atoms with Crippen molar-refractivity contribution < 1.29 is 0 Å². The molecule has 1 fully saturated rings. The first-order chi connectivity index (χ1) is 16.0. The third-order valence-electron chi connectivity index (χ3n) is 6.00. The summed E-state index contributed by atoms with van der Waals surface area (Å²) >= 11 is 0. The van der Waals surface area contributed by atoms with Gasteiger partial charge in [-0.3, -0.25) is 24.1 Å². The van der Waals surface area contributed by atoms with Gasteiger partial charge in [-0.2, -0.15) is 0 Å². The van der Waals surface area contributed by atoms with E-state index >= 15 is 0 Å². The number of nitrogens with zero attached hydrogens (tertiary/aromatic N) is 12. The lowest BCUT2D eigenvalue weighted by Gasteiger charge is -2.24. The third kappa shape index (κ3) is 6.65. The second-order valence-corrected chi connectivity index (χ2v) is 9.06. The van der Waals surface area contributed by atoms with Crippen LogP contribution in [0.2, 0.25) is 0 Å². The predicted molar refractivity (Wildman–Crippen MR) is 123 cm³/mol. The van der Waals surface area contributed by atoms with Gasteiger partial charge in [-0.25, -0.2) is 4.68 Å². The molecule has 0 atom stereocenters. The molecule has 0 bridgehead atoms. The standard InChI is InChI=1S/C21H36N12/c1-5-32-16-20(23-26-32)14-30-8-6-29(13-19-12-28(4)25-22-19)7-10-31(11-9-30)15-21-17-33(18(2)3)27-24-21/h12,16-18H,5-11,13-15H2,1-4H3. The number of aromatic nitrogens is 9. The van der Waals surface area contributed by atoms with Crippen LogP contribution in [0.3, 0.4) is 0 Å². The number of hydrogen-bond acceptors (Lipinski definition) is 9. The van der Waals surface area contributed by atoms with Gasteiger partial charge in [0, 0.05) is 90.9 Å². The lowest BCUT2D eigenvalue weighted by molar-refractivity contribution is 0.206. The Hall–Kier alpha value is -2.70. The van der Waals surface area contributed by atoms with Crippen LogP contribution < -0.4 is 0 Å². The molecule has 0 saturated carbocycles. The summed E-state index contributed by atoms with van der Waals surface area (Å²) in [6, 6.07) is 0.316. The zero-order chi connectivity index (χ0) is 23.2. The molecule has 0 unspecified atom stereocenters. The number of rotatable bonds is 8. The first-order valence-corrected chi connectivity index (χ1v) is 11.8. The van der Waals surface area contributed by atoms with Gasteiger partial charge in [-0.15, -0.1) is 15.3 Å². The Bertz CT molecular complexity index is 989. The van der Waals surface area contributed by atoms with Crippen LogP contribution in [0, 0.1) is 0 Å². The Morgan fingerprint density at radius 2 is 1.18 bits per heavy atom. The van der Waals surface area contributed by atoms with Crippen LogP contribution in [0.25, 0.3) is 0 Å². The molecule has 1 saturated heterocycles. The molecule has 4 rings (SSSR count). The molecule has 33 heavy (non-hydrogen) atoms. The SMILES string of the molecule is CCn1cc(CN2CCN(Cc3cn(C)nn3)CCN(Cc3cn(C(C)C)nn3)CC2)nn1. The van der Waals surface area contributed by atoms with Gasteiger partial charge in [0.15, 0.2) is 0 Å². The Labute approximate surface area is 195 Å². The summed E-state index contributed by atoms with van der Waals surface area (Å²) in [6.07, 6.45) is 6.11. The molecular formula is C21H36N12. The second-order valence-electron chi connectivity index (χ2n) is 9.06. The minimum absolute atomic E-state index is 0.316. The van der Waals surface area contributed by atoms with E-state index in [-0.39, 0.29) is 0 Å². The van der Waals surface area contributed by atoms with E-state index in [1.807, 2.05) is 28.8 Å². The highest BCUT2D eigenvalue weighted by Crippen LogP contribution is 2.10. The van der Waals surface area contributed by atoms with Gasteiger partial charge >= 0.3 is 0 Å². The molecular weight excluding hydrogens is 420 g/mol. The zero-order valence-corrected chi connectivity index (χ0v) is 20.2. The quantitative estimate of drug-likeness (QED) is 0.477. The van der Waals surface area contributed by atoms with Crippen molar-refractivity contribution in [2.75, 3.05) is 39.3 Å². The van der Waals surface area contributed by atoms with E-state index in [2.05, 4.69) is 72.6 Å². The van der Waals surface area contributed by atoms with Gasteiger partial charge in [-0.05, 0) is 20.8 Å². The molecule has 0 aromatic carbocycles. The first kappa shape index (κ1) is 23.5. The van der Waals surface area contributed by atoms with Crippen LogP contribution in [0.5, 0.6) is 0 Å². The van der Waals surface area contributed by atoms with Gasteiger partial charge in [0.05, 0.1) is 23.3 Å². The molecule has 0 N–H and O–H groups in total. The minimum Gasteiger partial charge on any atom is -0.295 e. The van der Waals surface area contributed by atoms with Crippen molar-refractivity contribution in [2.45, 2.75) is 53.0 Å². The molecule has 0 spiro atoms. The Balaban J connectivity index is 1.45. The topological polar surface area (TPSA) is 102 Å². The van der Waals surface area contributed by atoms with Crippen LogP contribution in [0.15, 0.2) is 18.6 Å².